The molecule has 2 aliphatic carbocycles. The van der Waals surface area contributed by atoms with Crippen LogP contribution in [-0.4, -0.2) is 32.3 Å². The molecule has 0 bridgehead atoms. The molecule has 0 saturated heterocycles. The van der Waals surface area contributed by atoms with Crippen LogP contribution in [0.1, 0.15) is 30.9 Å². The number of hydrogen-bond acceptors (Lipinski definition) is 3. The lowest BCUT2D eigenvalue weighted by molar-refractivity contribution is 0.535. The molecule has 3 rings (SSSR count). The zero-order valence-corrected chi connectivity index (χ0v) is 12.6. The van der Waals surface area contributed by atoms with Gasteiger partial charge < -0.3 is 5.32 Å². The molecule has 1 unspecified atom stereocenters. The lowest BCUT2D eigenvalue weighted by Gasteiger charge is -2.18. The minimum atomic E-state index is -3.24. The van der Waals surface area contributed by atoms with Crippen LogP contribution in [0, 0.1) is 0 Å². The molecule has 0 aromatic heterocycles. The number of benzene rings is 1. The van der Waals surface area contributed by atoms with Crippen LogP contribution in [0.3, 0.4) is 0 Å². The highest BCUT2D eigenvalue weighted by molar-refractivity contribution is 7.90. The normalized spacial score (nSPS) is 20.9. The van der Waals surface area contributed by atoms with E-state index in [1.807, 2.05) is 12.1 Å². The van der Waals surface area contributed by atoms with Crippen molar-refractivity contribution in [2.45, 2.75) is 49.9 Å². The number of hydrogen-bond donors (Lipinski definition) is 2. The molecule has 1 aromatic carbocycles. The minimum Gasteiger partial charge on any atom is -0.313 e. The molecule has 1 atom stereocenters. The Labute approximate surface area is 121 Å². The van der Waals surface area contributed by atoms with Gasteiger partial charge in [0.05, 0.1) is 5.25 Å². The molecule has 20 heavy (non-hydrogen) atoms. The summed E-state index contributed by atoms with van der Waals surface area (Å²) in [5, 5.41) is 2.90. The molecule has 0 amide bonds. The summed E-state index contributed by atoms with van der Waals surface area (Å²) in [7, 11) is -3.24. The van der Waals surface area contributed by atoms with E-state index in [4.69, 9.17) is 0 Å². The second kappa shape index (κ2) is 5.47. The zero-order valence-electron chi connectivity index (χ0n) is 11.8. The minimum absolute atomic E-state index is 0.0146. The maximum atomic E-state index is 12.3. The van der Waals surface area contributed by atoms with Gasteiger partial charge in [0.25, 0.3) is 0 Å². The summed E-state index contributed by atoms with van der Waals surface area (Å²) in [6.45, 7) is 2.32. The fourth-order valence-corrected chi connectivity index (χ4v) is 3.90. The van der Waals surface area contributed by atoms with Crippen LogP contribution in [-0.2, 0) is 22.9 Å². The summed E-state index contributed by atoms with van der Waals surface area (Å²) in [6.07, 6.45) is 3.96. The van der Waals surface area contributed by atoms with Gasteiger partial charge in [0.15, 0.2) is 0 Å². The zero-order chi connectivity index (χ0) is 14.2. The van der Waals surface area contributed by atoms with E-state index >= 15 is 0 Å². The number of nitrogens with one attached hydrogen (secondary N) is 2. The third kappa shape index (κ3) is 3.22. The van der Waals surface area contributed by atoms with Crippen molar-refractivity contribution in [2.24, 2.45) is 0 Å². The average molecular weight is 294 g/mol. The highest BCUT2D eigenvalue weighted by Gasteiger charge is 2.30. The molecule has 110 valence electrons. The monoisotopic (exact) mass is 294 g/mol. The Hall–Kier alpha value is -0.910. The largest absolute Gasteiger partial charge is 0.313 e. The third-order valence-electron chi connectivity index (χ3n) is 4.18. The van der Waals surface area contributed by atoms with Crippen molar-refractivity contribution in [3.05, 3.63) is 35.4 Å². The first-order valence-corrected chi connectivity index (χ1v) is 8.90. The number of fused-ring (bicyclic) bond motifs is 1. The molecule has 2 N–H and O–H groups in total. The summed E-state index contributed by atoms with van der Waals surface area (Å²) in [5.41, 5.74) is 2.54. The Morgan fingerprint density at radius 3 is 2.30 bits per heavy atom. The predicted molar refractivity (Wildman–Crippen MR) is 80.2 cm³/mol. The maximum absolute atomic E-state index is 12.3. The Balaban J connectivity index is 1.57. The molecule has 0 radical (unpaired) electrons. The lowest BCUT2D eigenvalue weighted by Crippen LogP contribution is -2.44. The van der Waals surface area contributed by atoms with Crippen molar-refractivity contribution in [1.29, 1.82) is 0 Å². The third-order valence-corrected chi connectivity index (χ3v) is 6.07. The van der Waals surface area contributed by atoms with Crippen molar-refractivity contribution in [2.75, 3.05) is 6.54 Å². The number of sulfonamides is 1. The Morgan fingerprint density at radius 2 is 1.75 bits per heavy atom. The van der Waals surface area contributed by atoms with Crippen molar-refractivity contribution < 1.29 is 8.42 Å². The molecule has 1 fully saturated rings. The van der Waals surface area contributed by atoms with Gasteiger partial charge in [0.2, 0.25) is 10.0 Å². The summed E-state index contributed by atoms with van der Waals surface area (Å²) in [6, 6.07) is 8.75. The molecule has 5 heteroatoms. The van der Waals surface area contributed by atoms with E-state index in [-0.39, 0.29) is 11.3 Å². The van der Waals surface area contributed by atoms with Gasteiger partial charge in [-0.3, -0.25) is 0 Å². The SMILES string of the molecule is CC(CNC1CC1)S(=O)(=O)NC1Cc2ccccc2C1. The molecular formula is C15H22N2O2S. The summed E-state index contributed by atoms with van der Waals surface area (Å²) in [4.78, 5) is 0. The van der Waals surface area contributed by atoms with Gasteiger partial charge in [0.1, 0.15) is 0 Å². The first-order valence-electron chi connectivity index (χ1n) is 7.36. The smallest absolute Gasteiger partial charge is 0.215 e. The van der Waals surface area contributed by atoms with E-state index in [9.17, 15) is 8.42 Å². The fourth-order valence-electron chi connectivity index (χ4n) is 2.72. The quantitative estimate of drug-likeness (QED) is 0.829. The fraction of sp³-hybridized carbons (Fsp3) is 0.600. The first-order chi connectivity index (χ1) is 9.54. The molecule has 1 saturated carbocycles. The van der Waals surface area contributed by atoms with E-state index < -0.39 is 10.0 Å². The lowest BCUT2D eigenvalue weighted by atomic mass is 10.1. The van der Waals surface area contributed by atoms with Gasteiger partial charge >= 0.3 is 0 Å². The highest BCUT2D eigenvalue weighted by atomic mass is 32.2. The highest BCUT2D eigenvalue weighted by Crippen LogP contribution is 2.23. The van der Waals surface area contributed by atoms with Crippen molar-refractivity contribution in [3.8, 4) is 0 Å². The molecule has 4 nitrogen and oxygen atoms in total. The molecule has 0 spiro atoms. The average Bonchev–Trinajstić information content (AvgIpc) is 3.14. The van der Waals surface area contributed by atoms with E-state index in [1.165, 1.54) is 24.0 Å². The van der Waals surface area contributed by atoms with Crippen LogP contribution >= 0.6 is 0 Å². The standard InChI is InChI=1S/C15H22N2O2S/c1-11(10-16-14-6-7-14)20(18,19)17-15-8-12-4-2-3-5-13(12)9-15/h2-5,11,14-17H,6-10H2,1H3. The summed E-state index contributed by atoms with van der Waals surface area (Å²) >= 11 is 0. The van der Waals surface area contributed by atoms with Crippen molar-refractivity contribution in [1.82, 2.24) is 10.0 Å². The van der Waals surface area contributed by atoms with Gasteiger partial charge in [-0.15, -0.1) is 0 Å². The van der Waals surface area contributed by atoms with Crippen molar-refractivity contribution >= 4 is 10.0 Å². The molecule has 0 heterocycles. The molecule has 0 aliphatic heterocycles. The molecule has 1 aromatic rings. The second-order valence-electron chi connectivity index (χ2n) is 6.03. The van der Waals surface area contributed by atoms with E-state index in [2.05, 4.69) is 22.2 Å². The summed E-state index contributed by atoms with van der Waals surface area (Å²) in [5.74, 6) is 0. The van der Waals surface area contributed by atoms with Crippen LogP contribution in [0.4, 0.5) is 0 Å². The summed E-state index contributed by atoms with van der Waals surface area (Å²) < 4.78 is 27.5. The topological polar surface area (TPSA) is 58.2 Å². The van der Waals surface area contributed by atoms with Gasteiger partial charge in [-0.25, -0.2) is 13.1 Å². The Kier molecular flexibility index (Phi) is 3.84. The Bertz CT molecular complexity index is 556. The molecular weight excluding hydrogens is 272 g/mol. The van der Waals surface area contributed by atoms with Crippen LogP contribution in [0.15, 0.2) is 24.3 Å². The van der Waals surface area contributed by atoms with E-state index in [1.54, 1.807) is 6.92 Å². The second-order valence-corrected chi connectivity index (χ2v) is 8.16. The van der Waals surface area contributed by atoms with Gasteiger partial charge in [-0.2, -0.15) is 0 Å². The van der Waals surface area contributed by atoms with Crippen LogP contribution in [0.5, 0.6) is 0 Å². The van der Waals surface area contributed by atoms with Gasteiger partial charge in [0, 0.05) is 18.6 Å². The molecule has 2 aliphatic rings. The predicted octanol–water partition coefficient (Wildman–Crippen LogP) is 1.21. The number of rotatable bonds is 6. The maximum Gasteiger partial charge on any atom is 0.215 e. The van der Waals surface area contributed by atoms with Crippen molar-refractivity contribution in [3.63, 3.8) is 0 Å². The van der Waals surface area contributed by atoms with Gasteiger partial charge in [-0.05, 0) is 43.7 Å². The van der Waals surface area contributed by atoms with Crippen LogP contribution < -0.4 is 10.0 Å². The van der Waals surface area contributed by atoms with Gasteiger partial charge in [-0.1, -0.05) is 24.3 Å². The van der Waals surface area contributed by atoms with E-state index in [0.717, 1.165) is 12.8 Å². The first kappa shape index (κ1) is 14.0. The van der Waals surface area contributed by atoms with Crippen LogP contribution in [0.25, 0.3) is 0 Å². The van der Waals surface area contributed by atoms with E-state index in [0.29, 0.717) is 12.6 Å². The van der Waals surface area contributed by atoms with Crippen LogP contribution in [0.2, 0.25) is 0 Å². The Morgan fingerprint density at radius 1 is 1.15 bits per heavy atom.